The minimum Gasteiger partial charge on any atom is -0.349 e. The molecule has 2 amide bonds. The highest BCUT2D eigenvalue weighted by atomic mass is 32.1. The highest BCUT2D eigenvalue weighted by Gasteiger charge is 2.19. The van der Waals surface area contributed by atoms with Crippen LogP contribution >= 0.6 is 23.6 Å². The first-order valence-electron chi connectivity index (χ1n) is 9.24. The second-order valence-corrected chi connectivity index (χ2v) is 8.66. The van der Waals surface area contributed by atoms with Crippen molar-refractivity contribution < 1.29 is 9.59 Å². The number of fused-ring (bicyclic) bond motifs is 3. The number of carbonyl (C=O) groups is 2. The SMILES string of the molecule is CC(C)NC(=O)c1sc(=S)n2c1[nH]c(=O)c1ccc(C(=O)Nc3ccccc3)cc12. The number of benzene rings is 2. The molecule has 0 aliphatic carbocycles. The van der Waals surface area contributed by atoms with E-state index in [1.165, 1.54) is 0 Å². The van der Waals surface area contributed by atoms with Crippen molar-refractivity contribution in [2.24, 2.45) is 0 Å². The lowest BCUT2D eigenvalue weighted by molar-refractivity contribution is 0.0947. The Hall–Kier alpha value is -3.30. The molecule has 0 saturated carbocycles. The van der Waals surface area contributed by atoms with E-state index in [4.69, 9.17) is 12.2 Å². The zero-order valence-corrected chi connectivity index (χ0v) is 17.8. The molecule has 0 unspecified atom stereocenters. The van der Waals surface area contributed by atoms with Crippen molar-refractivity contribution in [1.29, 1.82) is 0 Å². The molecule has 2 aromatic carbocycles. The predicted octanol–water partition coefficient (Wildman–Crippen LogP) is 3.96. The minimum absolute atomic E-state index is 0.0614. The van der Waals surface area contributed by atoms with E-state index in [1.807, 2.05) is 32.0 Å². The molecule has 2 aromatic heterocycles. The summed E-state index contributed by atoms with van der Waals surface area (Å²) in [6.07, 6.45) is 0. The third kappa shape index (κ3) is 3.64. The van der Waals surface area contributed by atoms with E-state index >= 15 is 0 Å². The van der Waals surface area contributed by atoms with Crippen LogP contribution in [0, 0.1) is 3.95 Å². The summed E-state index contributed by atoms with van der Waals surface area (Å²) in [4.78, 5) is 41.0. The van der Waals surface area contributed by atoms with Crippen molar-refractivity contribution >= 4 is 57.6 Å². The lowest BCUT2D eigenvalue weighted by atomic mass is 10.1. The fraction of sp³-hybridized carbons (Fsp3) is 0.143. The molecule has 0 aliphatic heterocycles. The maximum Gasteiger partial charge on any atom is 0.265 e. The summed E-state index contributed by atoms with van der Waals surface area (Å²) >= 11 is 6.58. The van der Waals surface area contributed by atoms with E-state index < -0.39 is 0 Å². The van der Waals surface area contributed by atoms with Crippen molar-refractivity contribution in [3.8, 4) is 0 Å². The van der Waals surface area contributed by atoms with E-state index in [-0.39, 0.29) is 23.4 Å². The molecule has 0 aliphatic rings. The van der Waals surface area contributed by atoms with Crippen LogP contribution in [-0.4, -0.2) is 27.2 Å². The van der Waals surface area contributed by atoms with E-state index in [0.29, 0.717) is 36.6 Å². The number of rotatable bonds is 4. The van der Waals surface area contributed by atoms with Crippen LogP contribution in [0.4, 0.5) is 5.69 Å². The van der Waals surface area contributed by atoms with Gasteiger partial charge in [-0.15, -0.1) is 0 Å². The molecular weight excluding hydrogens is 420 g/mol. The van der Waals surface area contributed by atoms with Crippen molar-refractivity contribution in [1.82, 2.24) is 14.7 Å². The molecule has 4 aromatic rings. The molecule has 0 fully saturated rings. The number of hydrogen-bond donors (Lipinski definition) is 3. The minimum atomic E-state index is -0.355. The molecule has 0 bridgehead atoms. The Bertz CT molecular complexity index is 1400. The number of anilines is 1. The quantitative estimate of drug-likeness (QED) is 0.420. The van der Waals surface area contributed by atoms with Gasteiger partial charge in [-0.05, 0) is 56.4 Å². The Morgan fingerprint density at radius 1 is 1.10 bits per heavy atom. The van der Waals surface area contributed by atoms with E-state index in [0.717, 1.165) is 11.3 Å². The fourth-order valence-corrected chi connectivity index (χ4v) is 4.42. The smallest absolute Gasteiger partial charge is 0.265 e. The summed E-state index contributed by atoms with van der Waals surface area (Å²) in [7, 11) is 0. The first kappa shape index (κ1) is 20.0. The summed E-state index contributed by atoms with van der Waals surface area (Å²) in [6, 6.07) is 13.8. The van der Waals surface area contributed by atoms with Gasteiger partial charge in [-0.1, -0.05) is 29.5 Å². The van der Waals surface area contributed by atoms with E-state index in [2.05, 4.69) is 15.6 Å². The Kier molecular flexibility index (Phi) is 5.23. The number of para-hydroxylation sites is 1. The number of nitrogens with one attached hydrogen (secondary N) is 3. The van der Waals surface area contributed by atoms with Gasteiger partial charge in [-0.25, -0.2) is 0 Å². The molecule has 0 saturated heterocycles. The third-order valence-corrected chi connectivity index (χ3v) is 5.82. The fourth-order valence-electron chi connectivity index (χ4n) is 3.14. The van der Waals surface area contributed by atoms with E-state index in [1.54, 1.807) is 34.7 Å². The lowest BCUT2D eigenvalue weighted by Crippen LogP contribution is -2.30. The molecule has 9 heteroatoms. The summed E-state index contributed by atoms with van der Waals surface area (Å²) in [5.41, 5.74) is 1.48. The second kappa shape index (κ2) is 7.85. The van der Waals surface area contributed by atoms with Crippen LogP contribution in [-0.2, 0) is 0 Å². The zero-order chi connectivity index (χ0) is 21.4. The molecule has 0 spiro atoms. The number of aromatic nitrogens is 2. The number of amides is 2. The van der Waals surface area contributed by atoms with Crippen molar-refractivity contribution in [2.75, 3.05) is 5.32 Å². The first-order chi connectivity index (χ1) is 14.3. The predicted molar refractivity (Wildman–Crippen MR) is 121 cm³/mol. The monoisotopic (exact) mass is 438 g/mol. The van der Waals surface area contributed by atoms with Gasteiger partial charge < -0.3 is 15.6 Å². The summed E-state index contributed by atoms with van der Waals surface area (Å²) in [5.74, 6) is -0.618. The van der Waals surface area contributed by atoms with Gasteiger partial charge in [0.25, 0.3) is 17.4 Å². The van der Waals surface area contributed by atoms with Crippen LogP contribution in [0.2, 0.25) is 0 Å². The van der Waals surface area contributed by atoms with Gasteiger partial charge in [-0.2, -0.15) is 0 Å². The highest BCUT2D eigenvalue weighted by molar-refractivity contribution is 7.73. The Balaban J connectivity index is 1.86. The molecule has 3 N–H and O–H groups in total. The van der Waals surface area contributed by atoms with Crippen molar-refractivity contribution in [3.63, 3.8) is 0 Å². The normalized spacial score (nSPS) is 11.2. The molecule has 152 valence electrons. The van der Waals surface area contributed by atoms with Crippen molar-refractivity contribution in [3.05, 3.63) is 73.3 Å². The van der Waals surface area contributed by atoms with Crippen LogP contribution in [0.5, 0.6) is 0 Å². The summed E-state index contributed by atoms with van der Waals surface area (Å²) in [6.45, 7) is 3.70. The zero-order valence-electron chi connectivity index (χ0n) is 16.2. The lowest BCUT2D eigenvalue weighted by Gasteiger charge is -2.09. The Labute approximate surface area is 180 Å². The average Bonchev–Trinajstić information content (AvgIpc) is 3.04. The van der Waals surface area contributed by atoms with Gasteiger partial charge in [0.15, 0.2) is 3.95 Å². The number of thiazole rings is 1. The molecule has 7 nitrogen and oxygen atoms in total. The van der Waals surface area contributed by atoms with Crippen LogP contribution in [0.15, 0.2) is 53.3 Å². The topological polar surface area (TPSA) is 95.5 Å². The maximum atomic E-state index is 12.7. The third-order valence-electron chi connectivity index (χ3n) is 4.45. The first-order valence-corrected chi connectivity index (χ1v) is 10.5. The average molecular weight is 439 g/mol. The Morgan fingerprint density at radius 2 is 1.83 bits per heavy atom. The van der Waals surface area contributed by atoms with Crippen molar-refractivity contribution in [2.45, 2.75) is 19.9 Å². The standard InChI is InChI=1S/C21H18N4O3S2/c1-11(2)22-20(28)16-17-24-19(27)14-9-8-12(10-15(14)25(17)21(29)30-16)18(26)23-13-6-4-3-5-7-13/h3-11H,1-2H3,(H,22,28)(H,23,26)(H,24,27). The van der Waals surface area contributed by atoms with E-state index in [9.17, 15) is 14.4 Å². The van der Waals surface area contributed by atoms with Gasteiger partial charge >= 0.3 is 0 Å². The molecule has 2 heterocycles. The van der Waals surface area contributed by atoms with Gasteiger partial charge in [0, 0.05) is 17.3 Å². The number of nitrogens with zero attached hydrogens (tertiary/aromatic N) is 1. The molecule has 0 radical (unpaired) electrons. The molecule has 4 rings (SSSR count). The number of carbonyl (C=O) groups excluding carboxylic acids is 2. The molecular formula is C21H18N4O3S2. The summed E-state index contributed by atoms with van der Waals surface area (Å²) in [5, 5.41) is 6.02. The number of hydrogen-bond acceptors (Lipinski definition) is 5. The van der Waals surface area contributed by atoms with Gasteiger partial charge in [-0.3, -0.25) is 18.8 Å². The van der Waals surface area contributed by atoms with Crippen LogP contribution in [0.1, 0.15) is 33.9 Å². The van der Waals surface area contributed by atoms with Gasteiger partial charge in [0.05, 0.1) is 10.9 Å². The largest absolute Gasteiger partial charge is 0.349 e. The summed E-state index contributed by atoms with van der Waals surface area (Å²) < 4.78 is 2.03. The number of H-pyrrole nitrogens is 1. The van der Waals surface area contributed by atoms with Gasteiger partial charge in [0.1, 0.15) is 10.5 Å². The number of aromatic amines is 1. The Morgan fingerprint density at radius 3 is 2.53 bits per heavy atom. The second-order valence-electron chi connectivity index (χ2n) is 7.02. The van der Waals surface area contributed by atoms with Crippen LogP contribution in [0.3, 0.4) is 0 Å². The van der Waals surface area contributed by atoms with Crippen LogP contribution < -0.4 is 16.2 Å². The molecule has 30 heavy (non-hydrogen) atoms. The maximum absolute atomic E-state index is 12.7. The highest BCUT2D eigenvalue weighted by Crippen LogP contribution is 2.23. The van der Waals surface area contributed by atoms with Crippen LogP contribution in [0.25, 0.3) is 16.6 Å². The molecule has 0 atom stereocenters. The van der Waals surface area contributed by atoms with Gasteiger partial charge in [0.2, 0.25) is 0 Å².